The van der Waals surface area contributed by atoms with Gasteiger partial charge in [0.15, 0.2) is 0 Å². The highest BCUT2D eigenvalue weighted by Gasteiger charge is 2.12. The van der Waals surface area contributed by atoms with E-state index in [1.54, 1.807) is 0 Å². The lowest BCUT2D eigenvalue weighted by Crippen LogP contribution is -2.11. The van der Waals surface area contributed by atoms with Gasteiger partial charge in [-0.3, -0.25) is 0 Å². The smallest absolute Gasteiger partial charge is 0.0273 e. The summed E-state index contributed by atoms with van der Waals surface area (Å²) in [5.74, 6) is 2.31. The average Bonchev–Trinajstić information content (AvgIpc) is 2.03. The first kappa shape index (κ1) is 11.7. The Morgan fingerprint density at radius 3 is 2.17 bits per heavy atom. The van der Waals surface area contributed by atoms with Crippen molar-refractivity contribution in [2.75, 3.05) is 7.05 Å². The highest BCUT2D eigenvalue weighted by Crippen LogP contribution is 2.21. The average molecular weight is 169 g/mol. The van der Waals surface area contributed by atoms with Gasteiger partial charge in [-0.1, -0.05) is 34.1 Å². The van der Waals surface area contributed by atoms with Crippen LogP contribution in [0, 0.1) is 17.8 Å². The Labute approximate surface area is 77.3 Å². The third-order valence-electron chi connectivity index (χ3n) is 2.76. The Morgan fingerprint density at radius 2 is 1.75 bits per heavy atom. The van der Waals surface area contributed by atoms with Crippen molar-refractivity contribution in [1.82, 2.24) is 0 Å². The second kappa shape index (κ2) is 6.22. The van der Waals surface area contributed by atoms with E-state index in [1.807, 2.05) is 7.05 Å². The molecule has 0 rings (SSSR count). The van der Waals surface area contributed by atoms with Gasteiger partial charge in [-0.2, -0.15) is 0 Å². The van der Waals surface area contributed by atoms with Crippen LogP contribution in [0.25, 0.3) is 0 Å². The molecule has 0 amide bonds. The molecule has 0 saturated heterocycles. The first-order valence-electron chi connectivity index (χ1n) is 5.04. The number of rotatable bonds is 5. The van der Waals surface area contributed by atoms with Gasteiger partial charge < -0.3 is 4.99 Å². The Bertz CT molecular complexity index is 129. The zero-order chi connectivity index (χ0) is 9.56. The number of aliphatic imine (C=N–C) groups is 1. The lowest BCUT2D eigenvalue weighted by Gasteiger charge is -2.19. The van der Waals surface area contributed by atoms with Gasteiger partial charge in [-0.05, 0) is 24.2 Å². The summed E-state index contributed by atoms with van der Waals surface area (Å²) in [5.41, 5.74) is 0. The molecule has 12 heavy (non-hydrogen) atoms. The maximum absolute atomic E-state index is 4.05. The molecule has 0 aliphatic carbocycles. The van der Waals surface area contributed by atoms with E-state index < -0.39 is 0 Å². The molecule has 0 aromatic heterocycles. The van der Waals surface area contributed by atoms with Crippen LogP contribution in [0.2, 0.25) is 0 Å². The molecule has 1 heteroatoms. The normalized spacial score (nSPS) is 19.4. The van der Waals surface area contributed by atoms with Crippen molar-refractivity contribution in [3.63, 3.8) is 0 Å². The summed E-state index contributed by atoms with van der Waals surface area (Å²) in [6.07, 6.45) is 4.61. The summed E-state index contributed by atoms with van der Waals surface area (Å²) in [6, 6.07) is 0. The highest BCUT2D eigenvalue weighted by molar-refractivity contribution is 5.59. The fourth-order valence-electron chi connectivity index (χ4n) is 1.54. The highest BCUT2D eigenvalue weighted by atomic mass is 14.6. The summed E-state index contributed by atoms with van der Waals surface area (Å²) < 4.78 is 0. The molecule has 0 aromatic rings. The molecule has 3 atom stereocenters. The molecule has 0 N–H and O–H groups in total. The van der Waals surface area contributed by atoms with Crippen molar-refractivity contribution in [2.24, 2.45) is 22.7 Å². The Kier molecular flexibility index (Phi) is 6.04. The largest absolute Gasteiger partial charge is 0.301 e. The van der Waals surface area contributed by atoms with E-state index in [0.717, 1.165) is 11.8 Å². The minimum atomic E-state index is 0.638. The van der Waals surface area contributed by atoms with Gasteiger partial charge in [0.2, 0.25) is 0 Å². The van der Waals surface area contributed by atoms with Crippen LogP contribution in [0.5, 0.6) is 0 Å². The maximum atomic E-state index is 4.05. The number of hydrogen-bond acceptors (Lipinski definition) is 1. The molecule has 0 aliphatic rings. The SMILES string of the molecule is CCC(C)C(C)C[C@H](C)/C=N/C. The van der Waals surface area contributed by atoms with Crippen LogP contribution in [-0.4, -0.2) is 13.3 Å². The van der Waals surface area contributed by atoms with Gasteiger partial charge in [0.25, 0.3) is 0 Å². The van der Waals surface area contributed by atoms with Gasteiger partial charge in [0.05, 0.1) is 0 Å². The summed E-state index contributed by atoms with van der Waals surface area (Å²) in [6.45, 7) is 9.18. The van der Waals surface area contributed by atoms with Gasteiger partial charge >= 0.3 is 0 Å². The van der Waals surface area contributed by atoms with Crippen molar-refractivity contribution >= 4 is 6.21 Å². The van der Waals surface area contributed by atoms with Crippen LogP contribution in [0.4, 0.5) is 0 Å². The molecule has 0 heterocycles. The molecule has 0 saturated carbocycles. The van der Waals surface area contributed by atoms with E-state index in [4.69, 9.17) is 0 Å². The zero-order valence-corrected chi connectivity index (χ0v) is 9.17. The van der Waals surface area contributed by atoms with Crippen molar-refractivity contribution in [3.05, 3.63) is 0 Å². The third-order valence-corrected chi connectivity index (χ3v) is 2.76. The van der Waals surface area contributed by atoms with Crippen LogP contribution < -0.4 is 0 Å². The Hall–Kier alpha value is -0.330. The van der Waals surface area contributed by atoms with Crippen LogP contribution >= 0.6 is 0 Å². The summed E-state index contributed by atoms with van der Waals surface area (Å²) >= 11 is 0. The quantitative estimate of drug-likeness (QED) is 0.559. The zero-order valence-electron chi connectivity index (χ0n) is 9.17. The predicted molar refractivity (Wildman–Crippen MR) is 56.8 cm³/mol. The molecule has 0 aromatic carbocycles. The monoisotopic (exact) mass is 169 g/mol. The van der Waals surface area contributed by atoms with Crippen LogP contribution in [0.3, 0.4) is 0 Å². The second-order valence-electron chi connectivity index (χ2n) is 3.98. The van der Waals surface area contributed by atoms with E-state index >= 15 is 0 Å². The molecular weight excluding hydrogens is 146 g/mol. The minimum Gasteiger partial charge on any atom is -0.301 e. The summed E-state index contributed by atoms with van der Waals surface area (Å²) in [5, 5.41) is 0. The Morgan fingerprint density at radius 1 is 1.17 bits per heavy atom. The van der Waals surface area contributed by atoms with Gasteiger partial charge in [0.1, 0.15) is 0 Å². The molecule has 72 valence electrons. The molecular formula is C11H23N. The first-order chi connectivity index (χ1) is 5.61. The lowest BCUT2D eigenvalue weighted by atomic mass is 9.86. The fourth-order valence-corrected chi connectivity index (χ4v) is 1.54. The molecule has 1 nitrogen and oxygen atoms in total. The third kappa shape index (κ3) is 4.53. The van der Waals surface area contributed by atoms with Gasteiger partial charge in [0, 0.05) is 13.3 Å². The van der Waals surface area contributed by atoms with Crippen molar-refractivity contribution in [1.29, 1.82) is 0 Å². The standard InChI is InChI=1S/C11H23N/c1-6-10(3)11(4)7-9(2)8-12-5/h8-11H,6-7H2,1-5H3/b12-8+/t9-,10?,11?/m0/s1. The first-order valence-corrected chi connectivity index (χ1v) is 5.04. The Balaban J connectivity index is 3.74. The maximum Gasteiger partial charge on any atom is 0.0273 e. The molecule has 0 fully saturated rings. The van der Waals surface area contributed by atoms with E-state index in [2.05, 4.69) is 38.9 Å². The molecule has 0 radical (unpaired) electrons. The topological polar surface area (TPSA) is 12.4 Å². The number of hydrogen-bond donors (Lipinski definition) is 0. The second-order valence-corrected chi connectivity index (χ2v) is 3.98. The number of nitrogens with zero attached hydrogens (tertiary/aromatic N) is 1. The van der Waals surface area contributed by atoms with E-state index in [0.29, 0.717) is 5.92 Å². The van der Waals surface area contributed by atoms with Crippen molar-refractivity contribution < 1.29 is 0 Å². The van der Waals surface area contributed by atoms with E-state index in [9.17, 15) is 0 Å². The van der Waals surface area contributed by atoms with E-state index in [-0.39, 0.29) is 0 Å². The van der Waals surface area contributed by atoms with Crippen LogP contribution in [0.1, 0.15) is 40.5 Å². The van der Waals surface area contributed by atoms with Gasteiger partial charge in [-0.25, -0.2) is 0 Å². The molecule has 0 bridgehead atoms. The fraction of sp³-hybridized carbons (Fsp3) is 0.909. The summed E-state index contributed by atoms with van der Waals surface area (Å²) in [7, 11) is 1.85. The lowest BCUT2D eigenvalue weighted by molar-refractivity contribution is 0.336. The van der Waals surface area contributed by atoms with Gasteiger partial charge in [-0.15, -0.1) is 0 Å². The predicted octanol–water partition coefficient (Wildman–Crippen LogP) is 3.40. The molecule has 2 unspecified atom stereocenters. The van der Waals surface area contributed by atoms with Crippen LogP contribution in [0.15, 0.2) is 4.99 Å². The van der Waals surface area contributed by atoms with Crippen molar-refractivity contribution in [3.8, 4) is 0 Å². The minimum absolute atomic E-state index is 0.638. The van der Waals surface area contributed by atoms with Crippen molar-refractivity contribution in [2.45, 2.75) is 40.5 Å². The summed E-state index contributed by atoms with van der Waals surface area (Å²) in [4.78, 5) is 4.05. The van der Waals surface area contributed by atoms with Crippen LogP contribution in [-0.2, 0) is 0 Å². The van der Waals surface area contributed by atoms with E-state index in [1.165, 1.54) is 12.8 Å². The molecule has 0 aliphatic heterocycles. The molecule has 0 spiro atoms.